The monoisotopic (exact) mass is 482 g/mol. The molecule has 0 unspecified atom stereocenters. The summed E-state index contributed by atoms with van der Waals surface area (Å²) in [6, 6.07) is 8.07. The minimum Gasteiger partial charge on any atom is -0.492 e. The van der Waals surface area contributed by atoms with Crippen molar-refractivity contribution in [2.75, 3.05) is 26.0 Å². The highest BCUT2D eigenvalue weighted by atomic mass is 79.9. The van der Waals surface area contributed by atoms with E-state index in [1.54, 1.807) is 18.2 Å². The van der Waals surface area contributed by atoms with Crippen LogP contribution in [0.3, 0.4) is 0 Å². The molecule has 0 aliphatic carbocycles. The van der Waals surface area contributed by atoms with Crippen LogP contribution in [-0.4, -0.2) is 45.4 Å². The molecule has 1 atom stereocenters. The van der Waals surface area contributed by atoms with E-state index in [0.29, 0.717) is 28.3 Å². The van der Waals surface area contributed by atoms with Gasteiger partial charge in [-0.25, -0.2) is 12.7 Å². The number of amides is 1. The lowest BCUT2D eigenvalue weighted by Gasteiger charge is -2.15. The number of sulfonamides is 1. The summed E-state index contributed by atoms with van der Waals surface area (Å²) in [6.45, 7) is 4.29. The molecular formula is C20H23BrN2O5S. The number of halogens is 1. The first-order chi connectivity index (χ1) is 13.6. The zero-order valence-corrected chi connectivity index (χ0v) is 19.1. The third kappa shape index (κ3) is 4.41. The van der Waals surface area contributed by atoms with Gasteiger partial charge in [0.1, 0.15) is 17.6 Å². The van der Waals surface area contributed by atoms with Crippen LogP contribution in [0.15, 0.2) is 39.7 Å². The summed E-state index contributed by atoms with van der Waals surface area (Å²) >= 11 is 3.25. The van der Waals surface area contributed by atoms with Crippen LogP contribution in [0.25, 0.3) is 0 Å². The fraction of sp³-hybridized carbons (Fsp3) is 0.350. The van der Waals surface area contributed by atoms with Gasteiger partial charge in [0.2, 0.25) is 10.0 Å². The molecule has 2 aromatic carbocycles. The Morgan fingerprint density at radius 3 is 2.69 bits per heavy atom. The van der Waals surface area contributed by atoms with Crippen LogP contribution in [0.4, 0.5) is 5.69 Å². The summed E-state index contributed by atoms with van der Waals surface area (Å²) < 4.78 is 38.0. The van der Waals surface area contributed by atoms with Crippen molar-refractivity contribution < 1.29 is 22.7 Å². The van der Waals surface area contributed by atoms with Gasteiger partial charge in [-0.15, -0.1) is 0 Å². The lowest BCUT2D eigenvalue weighted by molar-refractivity contribution is 0.102. The van der Waals surface area contributed by atoms with Gasteiger partial charge in [0.05, 0.1) is 17.2 Å². The predicted molar refractivity (Wildman–Crippen MR) is 114 cm³/mol. The second-order valence-corrected chi connectivity index (χ2v) is 9.88. The number of hydrogen-bond acceptors (Lipinski definition) is 5. The zero-order chi connectivity index (χ0) is 21.3. The second-order valence-electron chi connectivity index (χ2n) is 6.91. The summed E-state index contributed by atoms with van der Waals surface area (Å²) in [5, 5.41) is 2.82. The maximum Gasteiger partial charge on any atom is 0.255 e. The summed E-state index contributed by atoms with van der Waals surface area (Å²) in [5.74, 6) is 0.818. The van der Waals surface area contributed by atoms with Crippen molar-refractivity contribution in [3.63, 3.8) is 0 Å². The first-order valence-corrected chi connectivity index (χ1v) is 11.4. The zero-order valence-electron chi connectivity index (χ0n) is 16.7. The highest BCUT2D eigenvalue weighted by Crippen LogP contribution is 2.38. The van der Waals surface area contributed by atoms with Gasteiger partial charge in [0, 0.05) is 42.2 Å². The van der Waals surface area contributed by atoms with E-state index in [9.17, 15) is 13.2 Å². The Hall–Kier alpha value is -2.10. The molecule has 0 saturated carbocycles. The molecular weight excluding hydrogens is 460 g/mol. The SMILES string of the molecule is CCOc1cc2c(cc1NC(=O)c1ccc(Br)c(S(=O)(=O)N(C)C)c1)O[C@H](C)C2. The fourth-order valence-electron chi connectivity index (χ4n) is 3.05. The van der Waals surface area contributed by atoms with Gasteiger partial charge < -0.3 is 14.8 Å². The predicted octanol–water partition coefficient (Wildman–Crippen LogP) is 3.67. The highest BCUT2D eigenvalue weighted by molar-refractivity contribution is 9.10. The molecule has 0 aromatic heterocycles. The highest BCUT2D eigenvalue weighted by Gasteiger charge is 2.25. The fourth-order valence-corrected chi connectivity index (χ4v) is 4.89. The van der Waals surface area contributed by atoms with Crippen LogP contribution in [0.5, 0.6) is 11.5 Å². The summed E-state index contributed by atoms with van der Waals surface area (Å²) in [6.07, 6.45) is 0.845. The number of fused-ring (bicyclic) bond motifs is 1. The molecule has 1 N–H and O–H groups in total. The molecule has 9 heteroatoms. The lowest BCUT2D eigenvalue weighted by atomic mass is 10.1. The number of benzene rings is 2. The van der Waals surface area contributed by atoms with Crippen molar-refractivity contribution >= 4 is 37.5 Å². The van der Waals surface area contributed by atoms with Gasteiger partial charge in [-0.05, 0) is 54.0 Å². The van der Waals surface area contributed by atoms with E-state index in [4.69, 9.17) is 9.47 Å². The van der Waals surface area contributed by atoms with Gasteiger partial charge in [0.25, 0.3) is 5.91 Å². The molecule has 29 heavy (non-hydrogen) atoms. The van der Waals surface area contributed by atoms with Crippen molar-refractivity contribution in [3.05, 3.63) is 45.9 Å². The van der Waals surface area contributed by atoms with Crippen LogP contribution >= 0.6 is 15.9 Å². The van der Waals surface area contributed by atoms with Gasteiger partial charge in [-0.3, -0.25) is 4.79 Å². The summed E-state index contributed by atoms with van der Waals surface area (Å²) in [7, 11) is -0.828. The van der Waals surface area contributed by atoms with E-state index in [2.05, 4.69) is 21.2 Å². The molecule has 0 radical (unpaired) electrons. The normalized spacial score (nSPS) is 15.7. The smallest absolute Gasteiger partial charge is 0.255 e. The first-order valence-electron chi connectivity index (χ1n) is 9.13. The van der Waals surface area contributed by atoms with E-state index in [1.165, 1.54) is 20.2 Å². The summed E-state index contributed by atoms with van der Waals surface area (Å²) in [4.78, 5) is 12.9. The molecule has 2 aromatic rings. The molecule has 1 amide bonds. The molecule has 0 saturated heterocycles. The molecule has 156 valence electrons. The molecule has 1 aliphatic heterocycles. The van der Waals surface area contributed by atoms with E-state index < -0.39 is 15.9 Å². The van der Waals surface area contributed by atoms with Gasteiger partial charge in [0.15, 0.2) is 0 Å². The average molecular weight is 483 g/mol. The van der Waals surface area contributed by atoms with E-state index in [1.807, 2.05) is 19.9 Å². The Balaban J connectivity index is 1.94. The third-order valence-electron chi connectivity index (χ3n) is 4.50. The lowest BCUT2D eigenvalue weighted by Crippen LogP contribution is -2.23. The summed E-state index contributed by atoms with van der Waals surface area (Å²) in [5.41, 5.74) is 1.72. The minimum absolute atomic E-state index is 0.0197. The number of nitrogens with one attached hydrogen (secondary N) is 1. The maximum atomic E-state index is 12.9. The number of ether oxygens (including phenoxy) is 2. The molecule has 1 aliphatic rings. The number of hydrogen-bond donors (Lipinski definition) is 1. The number of rotatable bonds is 6. The number of carbonyl (C=O) groups excluding carboxylic acids is 1. The topological polar surface area (TPSA) is 84.9 Å². The Morgan fingerprint density at radius 2 is 2.03 bits per heavy atom. The van der Waals surface area contributed by atoms with Crippen LogP contribution in [0, 0.1) is 0 Å². The number of carbonyl (C=O) groups is 1. The van der Waals surface area contributed by atoms with E-state index >= 15 is 0 Å². The van der Waals surface area contributed by atoms with Crippen LogP contribution in [0.1, 0.15) is 29.8 Å². The largest absolute Gasteiger partial charge is 0.492 e. The quantitative estimate of drug-likeness (QED) is 0.678. The van der Waals surface area contributed by atoms with Crippen LogP contribution < -0.4 is 14.8 Å². The third-order valence-corrected chi connectivity index (χ3v) is 7.31. The molecule has 0 fully saturated rings. The second kappa shape index (κ2) is 8.33. The maximum absolute atomic E-state index is 12.9. The van der Waals surface area contributed by atoms with Crippen molar-refractivity contribution in [1.82, 2.24) is 4.31 Å². The van der Waals surface area contributed by atoms with Crippen molar-refractivity contribution in [3.8, 4) is 11.5 Å². The van der Waals surface area contributed by atoms with Gasteiger partial charge in [-0.1, -0.05) is 0 Å². The average Bonchev–Trinajstić information content (AvgIpc) is 3.01. The Kier molecular flexibility index (Phi) is 6.21. The Labute approximate surface area is 179 Å². The number of nitrogens with zero attached hydrogens (tertiary/aromatic N) is 1. The standard InChI is InChI=1S/C20H23BrN2O5S/c1-5-27-18-9-14-8-12(2)28-17(14)11-16(18)22-20(24)13-6-7-15(21)19(10-13)29(25,26)23(3)4/h6-7,9-12H,5,8H2,1-4H3,(H,22,24)/t12-/m1/s1. The Bertz CT molecular complexity index is 1050. The van der Waals surface area contributed by atoms with Crippen molar-refractivity contribution in [1.29, 1.82) is 0 Å². The van der Waals surface area contributed by atoms with Crippen molar-refractivity contribution in [2.45, 2.75) is 31.3 Å². The molecule has 7 nitrogen and oxygen atoms in total. The van der Waals surface area contributed by atoms with Crippen molar-refractivity contribution in [2.24, 2.45) is 0 Å². The molecule has 1 heterocycles. The van der Waals surface area contributed by atoms with Gasteiger partial charge >= 0.3 is 0 Å². The first kappa shape index (κ1) is 21.6. The van der Waals surface area contributed by atoms with E-state index in [0.717, 1.165) is 16.3 Å². The number of anilines is 1. The van der Waals surface area contributed by atoms with Crippen LogP contribution in [-0.2, 0) is 16.4 Å². The van der Waals surface area contributed by atoms with Gasteiger partial charge in [-0.2, -0.15) is 0 Å². The molecule has 0 spiro atoms. The van der Waals surface area contributed by atoms with Crippen LogP contribution in [0.2, 0.25) is 0 Å². The Morgan fingerprint density at radius 1 is 1.31 bits per heavy atom. The minimum atomic E-state index is -3.71. The molecule has 0 bridgehead atoms. The molecule has 3 rings (SSSR count). The van der Waals surface area contributed by atoms with E-state index in [-0.39, 0.29) is 16.6 Å².